The Morgan fingerprint density at radius 1 is 0.977 bits per heavy atom. The molecule has 1 amide bonds. The molecule has 3 aromatic carbocycles. The molecule has 232 valence electrons. The van der Waals surface area contributed by atoms with E-state index in [1.165, 1.54) is 44.6 Å². The summed E-state index contributed by atoms with van der Waals surface area (Å²) < 4.78 is 19.4. The molecule has 8 heteroatoms. The normalized spacial score (nSPS) is 14.2. The fraction of sp³-hybridized carbons (Fsp3) is 0.457. The van der Waals surface area contributed by atoms with Gasteiger partial charge >= 0.3 is 6.09 Å². The lowest BCUT2D eigenvalue weighted by atomic mass is 10.0. The number of likely N-dealkylation sites (tertiary alicyclic amines) is 1. The number of piperidine rings is 1. The number of halogens is 2. The molecular weight excluding hydrogens is 565 g/mol. The van der Waals surface area contributed by atoms with Crippen molar-refractivity contribution in [1.29, 1.82) is 0 Å². The molecule has 1 aliphatic heterocycles. The Morgan fingerprint density at radius 3 is 2.37 bits per heavy atom. The lowest BCUT2D eigenvalue weighted by Gasteiger charge is -2.31. The molecule has 0 bridgehead atoms. The summed E-state index contributed by atoms with van der Waals surface area (Å²) in [4.78, 5) is 17.2. The molecule has 4 rings (SSSR count). The number of anilines is 1. The van der Waals surface area contributed by atoms with Gasteiger partial charge in [0, 0.05) is 30.8 Å². The van der Waals surface area contributed by atoms with Crippen LogP contribution in [0.3, 0.4) is 0 Å². The molecule has 1 heterocycles. The first kappa shape index (κ1) is 32.8. The summed E-state index contributed by atoms with van der Waals surface area (Å²) in [5.41, 5.74) is 3.32. The first-order valence-electron chi connectivity index (χ1n) is 15.6. The highest BCUT2D eigenvalue weighted by atomic mass is 35.5. The Morgan fingerprint density at radius 2 is 1.63 bits per heavy atom. The van der Waals surface area contributed by atoms with E-state index in [4.69, 9.17) is 16.3 Å². The molecule has 2 N–H and O–H groups in total. The molecule has 3 aromatic rings. The van der Waals surface area contributed by atoms with Crippen molar-refractivity contribution in [3.05, 3.63) is 83.1 Å². The number of rotatable bonds is 15. The second-order valence-electron chi connectivity index (χ2n) is 11.6. The topological polar surface area (TPSA) is 65.0 Å². The Balaban J connectivity index is 1.02. The second kappa shape index (κ2) is 17.2. The van der Waals surface area contributed by atoms with Crippen molar-refractivity contribution < 1.29 is 19.0 Å². The molecule has 0 radical (unpaired) electrons. The number of para-hydroxylation sites is 1. The lowest BCUT2D eigenvalue weighted by molar-refractivity contribution is 0.0584. The van der Waals surface area contributed by atoms with Gasteiger partial charge < -0.3 is 19.6 Å². The van der Waals surface area contributed by atoms with E-state index in [2.05, 4.69) is 15.1 Å². The quantitative estimate of drug-likeness (QED) is 0.169. The van der Waals surface area contributed by atoms with E-state index in [9.17, 15) is 14.3 Å². The number of amides is 1. The zero-order chi connectivity index (χ0) is 30.4. The van der Waals surface area contributed by atoms with E-state index >= 15 is 0 Å². The van der Waals surface area contributed by atoms with Crippen LogP contribution in [0.15, 0.2) is 66.7 Å². The summed E-state index contributed by atoms with van der Waals surface area (Å²) in [6.45, 7) is 4.40. The van der Waals surface area contributed by atoms with Crippen LogP contribution < -0.4 is 5.32 Å². The van der Waals surface area contributed by atoms with Crippen LogP contribution in [0.25, 0.3) is 11.1 Å². The van der Waals surface area contributed by atoms with E-state index in [0.29, 0.717) is 12.1 Å². The smallest absolute Gasteiger partial charge is 0.411 e. The van der Waals surface area contributed by atoms with E-state index < -0.39 is 5.82 Å². The Hall–Kier alpha value is -3.13. The van der Waals surface area contributed by atoms with Crippen LogP contribution in [0.5, 0.6) is 5.75 Å². The van der Waals surface area contributed by atoms with Gasteiger partial charge in [-0.25, -0.2) is 9.18 Å². The van der Waals surface area contributed by atoms with Crippen LogP contribution >= 0.6 is 11.6 Å². The fourth-order valence-corrected chi connectivity index (χ4v) is 5.94. The average Bonchev–Trinajstić information content (AvgIpc) is 3.00. The molecule has 0 spiro atoms. The number of phenolic OH excluding ortho intramolecular Hbond substituents is 1. The van der Waals surface area contributed by atoms with E-state index in [1.54, 1.807) is 0 Å². The first-order chi connectivity index (χ1) is 20.9. The third-order valence-electron chi connectivity index (χ3n) is 8.12. The van der Waals surface area contributed by atoms with Crippen molar-refractivity contribution in [2.45, 2.75) is 70.4 Å². The lowest BCUT2D eigenvalue weighted by Crippen LogP contribution is -2.38. The number of hydrogen-bond acceptors (Lipinski definition) is 5. The van der Waals surface area contributed by atoms with Gasteiger partial charge in [0.2, 0.25) is 0 Å². The van der Waals surface area contributed by atoms with Crippen LogP contribution in [0.4, 0.5) is 14.9 Å². The minimum Gasteiger partial charge on any atom is -0.506 e. The summed E-state index contributed by atoms with van der Waals surface area (Å²) in [7, 11) is 1.98. The maximum atomic E-state index is 13.6. The Labute approximate surface area is 260 Å². The second-order valence-corrected chi connectivity index (χ2v) is 12.0. The van der Waals surface area contributed by atoms with Crippen LogP contribution in [-0.4, -0.2) is 60.3 Å². The van der Waals surface area contributed by atoms with Gasteiger partial charge in [-0.15, -0.1) is 0 Å². The van der Waals surface area contributed by atoms with Gasteiger partial charge in [-0.2, -0.15) is 0 Å². The summed E-state index contributed by atoms with van der Waals surface area (Å²) in [6.07, 6.45) is 9.68. The zero-order valence-corrected chi connectivity index (χ0v) is 26.0. The number of carbonyl (C=O) groups is 1. The fourth-order valence-electron chi connectivity index (χ4n) is 5.71. The van der Waals surface area contributed by atoms with Crippen molar-refractivity contribution in [2.75, 3.05) is 38.5 Å². The van der Waals surface area contributed by atoms with Gasteiger partial charge in [-0.05, 0) is 69.6 Å². The van der Waals surface area contributed by atoms with Crippen LogP contribution in [0.2, 0.25) is 5.02 Å². The summed E-state index contributed by atoms with van der Waals surface area (Å²) in [6, 6.07) is 20.3. The number of benzene rings is 3. The standard InChI is InChI=1S/C35H45ClFN3O3/c1-39(26-28-24-29(37)25-32(36)34(28)41)20-12-5-3-2-4-6-13-21-40-22-18-30(19-23-40)43-35(42)38-33-17-11-10-16-31(33)27-14-8-7-9-15-27/h7-11,14-17,24-25,30,41H,2-6,12-13,18-23,26H2,1H3,(H,38,42). The highest BCUT2D eigenvalue weighted by molar-refractivity contribution is 6.32. The molecule has 0 aromatic heterocycles. The van der Waals surface area contributed by atoms with Gasteiger partial charge in [-0.3, -0.25) is 5.32 Å². The Kier molecular flexibility index (Phi) is 13.1. The van der Waals surface area contributed by atoms with Gasteiger partial charge in [0.15, 0.2) is 0 Å². The van der Waals surface area contributed by atoms with Crippen molar-refractivity contribution >= 4 is 23.4 Å². The number of nitrogens with one attached hydrogen (secondary N) is 1. The number of aromatic hydroxyl groups is 1. The molecule has 1 fully saturated rings. The third-order valence-corrected chi connectivity index (χ3v) is 8.41. The number of unbranched alkanes of at least 4 members (excludes halogenated alkanes) is 6. The van der Waals surface area contributed by atoms with Crippen LogP contribution in [-0.2, 0) is 11.3 Å². The molecular formula is C35H45ClFN3O3. The first-order valence-corrected chi connectivity index (χ1v) is 16.0. The Bertz CT molecular complexity index is 1280. The maximum absolute atomic E-state index is 13.6. The number of carbonyl (C=O) groups excluding carboxylic acids is 1. The molecule has 1 saturated heterocycles. The SMILES string of the molecule is CN(CCCCCCCCCN1CCC(OC(=O)Nc2ccccc2-c2ccccc2)CC1)Cc1cc(F)cc(Cl)c1O. The number of nitrogens with zero attached hydrogens (tertiary/aromatic N) is 2. The minimum absolute atomic E-state index is 0.0309. The van der Waals surface area contributed by atoms with Crippen LogP contribution in [0.1, 0.15) is 63.4 Å². The third kappa shape index (κ3) is 10.8. The minimum atomic E-state index is -0.425. The largest absolute Gasteiger partial charge is 0.506 e. The number of ether oxygens (including phenoxy) is 1. The van der Waals surface area contributed by atoms with Crippen molar-refractivity contribution in [1.82, 2.24) is 9.80 Å². The predicted molar refractivity (Wildman–Crippen MR) is 173 cm³/mol. The molecule has 1 aliphatic rings. The maximum Gasteiger partial charge on any atom is 0.411 e. The summed E-state index contributed by atoms with van der Waals surface area (Å²) >= 11 is 5.88. The van der Waals surface area contributed by atoms with Gasteiger partial charge in [0.1, 0.15) is 17.7 Å². The van der Waals surface area contributed by atoms with Gasteiger partial charge in [0.25, 0.3) is 0 Å². The molecule has 0 saturated carbocycles. The van der Waals surface area contributed by atoms with Crippen molar-refractivity contribution in [3.63, 3.8) is 0 Å². The molecule has 43 heavy (non-hydrogen) atoms. The van der Waals surface area contributed by atoms with Gasteiger partial charge in [-0.1, -0.05) is 92.2 Å². The van der Waals surface area contributed by atoms with Crippen LogP contribution in [0, 0.1) is 5.82 Å². The highest BCUT2D eigenvalue weighted by Crippen LogP contribution is 2.30. The highest BCUT2D eigenvalue weighted by Gasteiger charge is 2.22. The molecule has 0 aliphatic carbocycles. The summed E-state index contributed by atoms with van der Waals surface area (Å²) in [5, 5.41) is 13.1. The number of phenols is 1. The molecule has 6 nitrogen and oxygen atoms in total. The van der Waals surface area contributed by atoms with E-state index in [0.717, 1.165) is 68.3 Å². The average molecular weight is 610 g/mol. The molecule has 0 unspecified atom stereocenters. The zero-order valence-electron chi connectivity index (χ0n) is 25.2. The van der Waals surface area contributed by atoms with E-state index in [-0.39, 0.29) is 23.0 Å². The number of hydrogen-bond donors (Lipinski definition) is 2. The molecule has 0 atom stereocenters. The predicted octanol–water partition coefficient (Wildman–Crippen LogP) is 8.73. The van der Waals surface area contributed by atoms with Gasteiger partial charge in [0.05, 0.1) is 10.7 Å². The van der Waals surface area contributed by atoms with Crippen molar-refractivity contribution in [3.8, 4) is 16.9 Å². The monoisotopic (exact) mass is 609 g/mol. The van der Waals surface area contributed by atoms with Crippen molar-refractivity contribution in [2.24, 2.45) is 0 Å². The summed E-state index contributed by atoms with van der Waals surface area (Å²) in [5.74, 6) is -0.456. The van der Waals surface area contributed by atoms with E-state index in [1.807, 2.05) is 61.6 Å².